The van der Waals surface area contributed by atoms with Gasteiger partial charge in [0.15, 0.2) is 11.5 Å². The van der Waals surface area contributed by atoms with Crippen molar-refractivity contribution in [1.29, 1.82) is 0 Å². The van der Waals surface area contributed by atoms with Gasteiger partial charge in [0, 0.05) is 24.8 Å². The zero-order valence-corrected chi connectivity index (χ0v) is 11.2. The molecule has 0 radical (unpaired) electrons. The first-order valence-electron chi connectivity index (χ1n) is 6.51. The molecule has 1 aromatic carbocycles. The molecule has 0 spiro atoms. The molecule has 0 unspecified atom stereocenters. The van der Waals surface area contributed by atoms with E-state index in [1.165, 1.54) is 6.07 Å². The number of rotatable bonds is 3. The highest BCUT2D eigenvalue weighted by Gasteiger charge is 2.18. The van der Waals surface area contributed by atoms with Crippen molar-refractivity contribution in [3.8, 4) is 17.1 Å². The third-order valence-corrected chi connectivity index (χ3v) is 3.35. The van der Waals surface area contributed by atoms with Crippen LogP contribution in [0.2, 0.25) is 0 Å². The van der Waals surface area contributed by atoms with E-state index in [2.05, 4.69) is 10.1 Å². The van der Waals surface area contributed by atoms with Gasteiger partial charge in [0.1, 0.15) is 5.75 Å². The van der Waals surface area contributed by atoms with Gasteiger partial charge in [-0.1, -0.05) is 5.16 Å². The maximum Gasteiger partial charge on any atom is 0.358 e. The van der Waals surface area contributed by atoms with Gasteiger partial charge >= 0.3 is 5.97 Å². The van der Waals surface area contributed by atoms with Crippen molar-refractivity contribution in [2.24, 2.45) is 0 Å². The Balaban J connectivity index is 1.95. The maximum atomic E-state index is 10.8. The number of carbonyl (C=O) groups is 1. The molecule has 7 nitrogen and oxygen atoms in total. The number of morpholine rings is 1. The molecule has 110 valence electrons. The number of ether oxygens (including phenoxy) is 1. The summed E-state index contributed by atoms with van der Waals surface area (Å²) in [6, 6.07) is 6.41. The number of phenols is 1. The normalized spacial score (nSPS) is 15.1. The molecule has 0 saturated carbocycles. The van der Waals surface area contributed by atoms with Gasteiger partial charge in [0.2, 0.25) is 0 Å². The number of benzene rings is 1. The van der Waals surface area contributed by atoms with E-state index >= 15 is 0 Å². The summed E-state index contributed by atoms with van der Waals surface area (Å²) in [5.74, 6) is -0.936. The Kier molecular flexibility index (Phi) is 3.49. The minimum Gasteiger partial charge on any atom is -0.507 e. The van der Waals surface area contributed by atoms with Gasteiger partial charge in [-0.15, -0.1) is 0 Å². The molecule has 0 amide bonds. The molecule has 1 fully saturated rings. The van der Waals surface area contributed by atoms with Gasteiger partial charge in [0.25, 0.3) is 0 Å². The summed E-state index contributed by atoms with van der Waals surface area (Å²) in [4.78, 5) is 13.0. The number of aromatic carboxylic acids is 1. The molecular formula is C14H14N2O5. The first kappa shape index (κ1) is 13.4. The Bertz CT molecular complexity index is 661. The second kappa shape index (κ2) is 5.45. The summed E-state index contributed by atoms with van der Waals surface area (Å²) in [7, 11) is 0. The molecule has 1 saturated heterocycles. The number of carboxylic acid groups (broad SMARTS) is 1. The van der Waals surface area contributed by atoms with Crippen molar-refractivity contribution in [3.05, 3.63) is 30.0 Å². The van der Waals surface area contributed by atoms with Crippen molar-refractivity contribution >= 4 is 11.7 Å². The molecule has 7 heteroatoms. The van der Waals surface area contributed by atoms with Crippen LogP contribution in [0.1, 0.15) is 10.5 Å². The minimum atomic E-state index is -1.17. The Morgan fingerprint density at radius 2 is 2.00 bits per heavy atom. The highest BCUT2D eigenvalue weighted by atomic mass is 16.5. The second-order valence-electron chi connectivity index (χ2n) is 4.68. The molecular weight excluding hydrogens is 276 g/mol. The van der Waals surface area contributed by atoms with Crippen molar-refractivity contribution in [2.45, 2.75) is 0 Å². The van der Waals surface area contributed by atoms with Crippen LogP contribution in [0.5, 0.6) is 5.75 Å². The lowest BCUT2D eigenvalue weighted by Crippen LogP contribution is -2.36. The summed E-state index contributed by atoms with van der Waals surface area (Å²) >= 11 is 0. The smallest absolute Gasteiger partial charge is 0.358 e. The molecule has 1 aromatic heterocycles. The molecule has 2 aromatic rings. The first-order chi connectivity index (χ1) is 10.1. The Hall–Kier alpha value is -2.54. The molecule has 0 atom stereocenters. The summed E-state index contributed by atoms with van der Waals surface area (Å²) in [6.45, 7) is 2.84. The van der Waals surface area contributed by atoms with Gasteiger partial charge in [-0.25, -0.2) is 4.79 Å². The monoisotopic (exact) mass is 290 g/mol. The van der Waals surface area contributed by atoms with Crippen LogP contribution in [0, 0.1) is 0 Å². The van der Waals surface area contributed by atoms with E-state index in [4.69, 9.17) is 14.4 Å². The van der Waals surface area contributed by atoms with Crippen LogP contribution in [0.4, 0.5) is 5.69 Å². The van der Waals surface area contributed by atoms with Gasteiger partial charge in [-0.05, 0) is 18.2 Å². The summed E-state index contributed by atoms with van der Waals surface area (Å²) in [6.07, 6.45) is 0. The average molecular weight is 290 g/mol. The number of hydrogen-bond donors (Lipinski definition) is 2. The fourth-order valence-corrected chi connectivity index (χ4v) is 2.24. The van der Waals surface area contributed by atoms with E-state index in [-0.39, 0.29) is 17.2 Å². The second-order valence-corrected chi connectivity index (χ2v) is 4.68. The topological polar surface area (TPSA) is 96.0 Å². The SMILES string of the molecule is O=C(O)c1cc(-c2cc(N3CCOCC3)ccc2O)on1. The fourth-order valence-electron chi connectivity index (χ4n) is 2.24. The predicted molar refractivity (Wildman–Crippen MR) is 73.6 cm³/mol. The molecule has 2 heterocycles. The summed E-state index contributed by atoms with van der Waals surface area (Å²) in [5, 5.41) is 22.3. The van der Waals surface area contributed by atoms with E-state index in [9.17, 15) is 9.90 Å². The summed E-state index contributed by atoms with van der Waals surface area (Å²) < 4.78 is 10.3. The average Bonchev–Trinajstić information content (AvgIpc) is 2.98. The van der Waals surface area contributed by atoms with Crippen molar-refractivity contribution in [1.82, 2.24) is 5.16 Å². The molecule has 1 aliphatic heterocycles. The van der Waals surface area contributed by atoms with E-state index in [0.717, 1.165) is 18.8 Å². The van der Waals surface area contributed by atoms with E-state index in [1.54, 1.807) is 18.2 Å². The Labute approximate surface area is 120 Å². The van der Waals surface area contributed by atoms with Gasteiger partial charge in [-0.3, -0.25) is 0 Å². The van der Waals surface area contributed by atoms with E-state index in [1.807, 2.05) is 0 Å². The largest absolute Gasteiger partial charge is 0.507 e. The van der Waals surface area contributed by atoms with Crippen molar-refractivity contribution in [2.75, 3.05) is 31.2 Å². The van der Waals surface area contributed by atoms with E-state index < -0.39 is 5.97 Å². The van der Waals surface area contributed by atoms with Gasteiger partial charge < -0.3 is 24.4 Å². The zero-order valence-electron chi connectivity index (χ0n) is 11.2. The molecule has 21 heavy (non-hydrogen) atoms. The highest BCUT2D eigenvalue weighted by Crippen LogP contribution is 2.33. The molecule has 1 aliphatic rings. The number of nitrogens with zero attached hydrogens (tertiary/aromatic N) is 2. The standard InChI is InChI=1S/C14H14N2O5/c17-12-2-1-9(16-3-5-20-6-4-16)7-10(12)13-8-11(14(18)19)15-21-13/h1-2,7-8,17H,3-6H2,(H,18,19). The van der Waals surface area contributed by atoms with Crippen LogP contribution in [-0.4, -0.2) is 47.6 Å². The summed E-state index contributed by atoms with van der Waals surface area (Å²) in [5.41, 5.74) is 1.14. The number of anilines is 1. The fraction of sp³-hybridized carbons (Fsp3) is 0.286. The Morgan fingerprint density at radius 3 is 2.67 bits per heavy atom. The lowest BCUT2D eigenvalue weighted by Gasteiger charge is -2.29. The molecule has 2 N–H and O–H groups in total. The number of phenolic OH excluding ortho intramolecular Hbond substituents is 1. The van der Waals surface area contributed by atoms with Gasteiger partial charge in [0.05, 0.1) is 18.8 Å². The molecule has 0 bridgehead atoms. The van der Waals surface area contributed by atoms with E-state index in [0.29, 0.717) is 18.8 Å². The van der Waals surface area contributed by atoms with Gasteiger partial charge in [-0.2, -0.15) is 0 Å². The van der Waals surface area contributed by atoms with Crippen LogP contribution < -0.4 is 4.90 Å². The lowest BCUT2D eigenvalue weighted by atomic mass is 10.1. The predicted octanol–water partition coefficient (Wildman–Crippen LogP) is 1.58. The number of hydrogen-bond acceptors (Lipinski definition) is 6. The number of carboxylic acids is 1. The third-order valence-electron chi connectivity index (χ3n) is 3.35. The highest BCUT2D eigenvalue weighted by molar-refractivity contribution is 5.87. The molecule has 3 rings (SSSR count). The van der Waals surface area contributed by atoms with Crippen LogP contribution >= 0.6 is 0 Å². The zero-order chi connectivity index (χ0) is 14.8. The maximum absolute atomic E-state index is 10.8. The van der Waals surface area contributed by atoms with Crippen LogP contribution in [0.3, 0.4) is 0 Å². The van der Waals surface area contributed by atoms with Crippen LogP contribution in [0.25, 0.3) is 11.3 Å². The van der Waals surface area contributed by atoms with Crippen LogP contribution in [0.15, 0.2) is 28.8 Å². The quantitative estimate of drug-likeness (QED) is 0.885. The number of aromatic nitrogens is 1. The number of aromatic hydroxyl groups is 1. The third kappa shape index (κ3) is 2.68. The van der Waals surface area contributed by atoms with Crippen molar-refractivity contribution in [3.63, 3.8) is 0 Å². The van der Waals surface area contributed by atoms with Crippen molar-refractivity contribution < 1.29 is 24.3 Å². The van der Waals surface area contributed by atoms with Crippen LogP contribution in [-0.2, 0) is 4.74 Å². The molecule has 0 aliphatic carbocycles. The first-order valence-corrected chi connectivity index (χ1v) is 6.51. The lowest BCUT2D eigenvalue weighted by molar-refractivity contribution is 0.0686. The minimum absolute atomic E-state index is 0.0140. The Morgan fingerprint density at radius 1 is 1.24 bits per heavy atom.